The van der Waals surface area contributed by atoms with Crippen LogP contribution in [0.2, 0.25) is 0 Å². The van der Waals surface area contributed by atoms with Crippen LogP contribution >= 0.6 is 11.6 Å². The molecule has 4 heteroatoms. The van der Waals surface area contributed by atoms with E-state index in [1.165, 1.54) is 0 Å². The van der Waals surface area contributed by atoms with Crippen LogP contribution in [0.1, 0.15) is 6.42 Å². The molecule has 3 nitrogen and oxygen atoms in total. The van der Waals surface area contributed by atoms with Crippen LogP contribution in [-0.4, -0.2) is 22.3 Å². The van der Waals surface area contributed by atoms with Gasteiger partial charge in [-0.2, -0.15) is 0 Å². The number of aliphatic hydroxyl groups is 1. The number of aliphatic hydroxyl groups excluding tert-OH is 1. The lowest BCUT2D eigenvalue weighted by Crippen LogP contribution is -2.29. The molecule has 0 aromatic carbocycles. The standard InChI is InChI=1S/C8H9ClO3/c9-6-4-2-1-3-5(6)7(10)8(11)12/h1-2,4-5,7,10H,3H2,(H,11,12)/t5?,7-/m1/s1. The highest BCUT2D eigenvalue weighted by atomic mass is 35.5. The summed E-state index contributed by atoms with van der Waals surface area (Å²) in [5.41, 5.74) is 0. The summed E-state index contributed by atoms with van der Waals surface area (Å²) in [6.45, 7) is 0. The maximum absolute atomic E-state index is 10.4. The Morgan fingerprint density at radius 2 is 2.42 bits per heavy atom. The molecule has 1 rings (SSSR count). The summed E-state index contributed by atoms with van der Waals surface area (Å²) in [5, 5.41) is 18.1. The SMILES string of the molecule is O=C(O)[C@H](O)C1CC=CC=C1Cl. The van der Waals surface area contributed by atoms with Crippen molar-refractivity contribution in [3.05, 3.63) is 23.3 Å². The number of carbonyl (C=O) groups is 1. The van der Waals surface area contributed by atoms with Crippen molar-refractivity contribution >= 4 is 17.6 Å². The third-order valence-electron chi connectivity index (χ3n) is 1.77. The van der Waals surface area contributed by atoms with E-state index in [9.17, 15) is 4.79 Å². The average Bonchev–Trinajstić information content (AvgIpc) is 2.04. The number of halogens is 1. The zero-order valence-electron chi connectivity index (χ0n) is 6.27. The Bertz CT molecular complexity index is 245. The third-order valence-corrected chi connectivity index (χ3v) is 2.18. The van der Waals surface area contributed by atoms with Crippen LogP contribution in [0.25, 0.3) is 0 Å². The van der Waals surface area contributed by atoms with Gasteiger partial charge >= 0.3 is 5.97 Å². The number of hydrogen-bond acceptors (Lipinski definition) is 2. The van der Waals surface area contributed by atoms with Crippen LogP contribution < -0.4 is 0 Å². The molecule has 0 aromatic rings. The zero-order chi connectivity index (χ0) is 9.14. The molecule has 0 fully saturated rings. The van der Waals surface area contributed by atoms with E-state index >= 15 is 0 Å². The fourth-order valence-corrected chi connectivity index (χ4v) is 1.35. The van der Waals surface area contributed by atoms with Crippen LogP contribution in [0.5, 0.6) is 0 Å². The summed E-state index contributed by atoms with van der Waals surface area (Å²) < 4.78 is 0. The Balaban J connectivity index is 2.70. The minimum atomic E-state index is -1.40. The predicted octanol–water partition coefficient (Wildman–Crippen LogP) is 1.13. The Kier molecular flexibility index (Phi) is 2.89. The van der Waals surface area contributed by atoms with Gasteiger partial charge in [0, 0.05) is 11.0 Å². The highest BCUT2D eigenvalue weighted by molar-refractivity contribution is 6.30. The van der Waals surface area contributed by atoms with Gasteiger partial charge in [0.2, 0.25) is 0 Å². The van der Waals surface area contributed by atoms with Gasteiger partial charge in [0.05, 0.1) is 0 Å². The van der Waals surface area contributed by atoms with Gasteiger partial charge in [-0.05, 0) is 12.5 Å². The first-order valence-electron chi connectivity index (χ1n) is 3.56. The quantitative estimate of drug-likeness (QED) is 0.683. The normalized spacial score (nSPS) is 24.8. The van der Waals surface area contributed by atoms with E-state index in [0.717, 1.165) is 0 Å². The fourth-order valence-electron chi connectivity index (χ4n) is 1.07. The number of hydrogen-bond donors (Lipinski definition) is 2. The van der Waals surface area contributed by atoms with Crippen molar-refractivity contribution in [1.82, 2.24) is 0 Å². The minimum Gasteiger partial charge on any atom is -0.479 e. The Morgan fingerprint density at radius 3 is 2.92 bits per heavy atom. The Hall–Kier alpha value is -0.800. The molecule has 0 aliphatic heterocycles. The summed E-state index contributed by atoms with van der Waals surface area (Å²) in [5.74, 6) is -1.73. The molecule has 0 aromatic heterocycles. The fraction of sp³-hybridized carbons (Fsp3) is 0.375. The molecule has 1 unspecified atom stereocenters. The molecule has 1 aliphatic rings. The molecular formula is C8H9ClO3. The monoisotopic (exact) mass is 188 g/mol. The lowest BCUT2D eigenvalue weighted by Gasteiger charge is -2.19. The second kappa shape index (κ2) is 3.74. The molecule has 0 saturated carbocycles. The van der Waals surface area contributed by atoms with Crippen LogP contribution in [0.3, 0.4) is 0 Å². The van der Waals surface area contributed by atoms with Crippen molar-refractivity contribution in [3.63, 3.8) is 0 Å². The molecule has 66 valence electrons. The van der Waals surface area contributed by atoms with Crippen molar-refractivity contribution in [1.29, 1.82) is 0 Å². The summed E-state index contributed by atoms with van der Waals surface area (Å²) in [6, 6.07) is 0. The van der Waals surface area contributed by atoms with Gasteiger partial charge in [0.25, 0.3) is 0 Å². The van der Waals surface area contributed by atoms with E-state index in [1.807, 2.05) is 0 Å². The molecule has 1 aliphatic carbocycles. The largest absolute Gasteiger partial charge is 0.479 e. The minimum absolute atomic E-state index is 0.396. The topological polar surface area (TPSA) is 57.5 Å². The van der Waals surface area contributed by atoms with Crippen molar-refractivity contribution in [2.45, 2.75) is 12.5 Å². The van der Waals surface area contributed by atoms with E-state index in [4.69, 9.17) is 21.8 Å². The van der Waals surface area contributed by atoms with E-state index < -0.39 is 18.0 Å². The molecule has 0 saturated heterocycles. The van der Waals surface area contributed by atoms with Crippen molar-refractivity contribution < 1.29 is 15.0 Å². The van der Waals surface area contributed by atoms with E-state index in [1.54, 1.807) is 18.2 Å². The van der Waals surface area contributed by atoms with Crippen molar-refractivity contribution in [3.8, 4) is 0 Å². The summed E-state index contributed by atoms with van der Waals surface area (Å²) in [4.78, 5) is 10.4. The first kappa shape index (κ1) is 9.29. The van der Waals surface area contributed by atoms with Gasteiger partial charge in [-0.3, -0.25) is 0 Å². The van der Waals surface area contributed by atoms with Crippen LogP contribution in [0.15, 0.2) is 23.3 Å². The predicted molar refractivity (Wildman–Crippen MR) is 44.8 cm³/mol. The van der Waals surface area contributed by atoms with E-state index in [2.05, 4.69) is 0 Å². The highest BCUT2D eigenvalue weighted by Gasteiger charge is 2.27. The van der Waals surface area contributed by atoms with E-state index in [-0.39, 0.29) is 0 Å². The molecule has 0 bridgehead atoms. The molecule has 12 heavy (non-hydrogen) atoms. The second-order valence-electron chi connectivity index (χ2n) is 2.60. The van der Waals surface area contributed by atoms with Crippen LogP contribution in [-0.2, 0) is 4.79 Å². The van der Waals surface area contributed by atoms with Gasteiger partial charge in [0.1, 0.15) is 0 Å². The summed E-state index contributed by atoms with van der Waals surface area (Å²) in [7, 11) is 0. The smallest absolute Gasteiger partial charge is 0.333 e. The van der Waals surface area contributed by atoms with Gasteiger partial charge in [-0.1, -0.05) is 23.8 Å². The molecule has 2 atom stereocenters. The molecule has 0 amide bonds. The molecule has 0 heterocycles. The lowest BCUT2D eigenvalue weighted by atomic mass is 9.94. The average molecular weight is 189 g/mol. The maximum atomic E-state index is 10.4. The van der Waals surface area contributed by atoms with Gasteiger partial charge in [-0.15, -0.1) is 0 Å². The van der Waals surface area contributed by atoms with Gasteiger partial charge in [-0.25, -0.2) is 4.79 Å². The van der Waals surface area contributed by atoms with Crippen LogP contribution in [0, 0.1) is 5.92 Å². The Labute approximate surface area is 75.0 Å². The highest BCUT2D eigenvalue weighted by Crippen LogP contribution is 2.26. The molecule has 2 N–H and O–H groups in total. The van der Waals surface area contributed by atoms with Crippen molar-refractivity contribution in [2.24, 2.45) is 5.92 Å². The first-order valence-corrected chi connectivity index (χ1v) is 3.94. The molecule has 0 spiro atoms. The maximum Gasteiger partial charge on any atom is 0.333 e. The number of carboxylic acids is 1. The van der Waals surface area contributed by atoms with Crippen molar-refractivity contribution in [2.75, 3.05) is 0 Å². The zero-order valence-corrected chi connectivity index (χ0v) is 7.03. The van der Waals surface area contributed by atoms with Crippen LogP contribution in [0.4, 0.5) is 0 Å². The first-order chi connectivity index (χ1) is 5.63. The van der Waals surface area contributed by atoms with E-state index in [0.29, 0.717) is 11.5 Å². The number of aliphatic carboxylic acids is 1. The number of carboxylic acid groups (broad SMARTS) is 1. The second-order valence-corrected chi connectivity index (χ2v) is 3.04. The third kappa shape index (κ3) is 1.87. The summed E-state index contributed by atoms with van der Waals surface area (Å²) >= 11 is 5.71. The number of allylic oxidation sites excluding steroid dienone is 3. The molecular weight excluding hydrogens is 180 g/mol. The van der Waals surface area contributed by atoms with Gasteiger partial charge in [0.15, 0.2) is 6.10 Å². The van der Waals surface area contributed by atoms with Gasteiger partial charge < -0.3 is 10.2 Å². The summed E-state index contributed by atoms with van der Waals surface area (Å²) in [6.07, 6.45) is 4.19. The Morgan fingerprint density at radius 1 is 1.75 bits per heavy atom. The lowest BCUT2D eigenvalue weighted by molar-refractivity contribution is -0.148. The molecule has 0 radical (unpaired) electrons. The number of rotatable bonds is 2.